The highest BCUT2D eigenvalue weighted by molar-refractivity contribution is 5.19. The van der Waals surface area contributed by atoms with Gasteiger partial charge in [0.1, 0.15) is 0 Å². The van der Waals surface area contributed by atoms with Crippen LogP contribution >= 0.6 is 0 Å². The van der Waals surface area contributed by atoms with Gasteiger partial charge in [0.05, 0.1) is 0 Å². The van der Waals surface area contributed by atoms with Gasteiger partial charge < -0.3 is 0 Å². The molecular weight excluding hydrogens is 108 g/mol. The first kappa shape index (κ1) is 6.34. The van der Waals surface area contributed by atoms with Crippen LogP contribution in [0.1, 0.15) is 6.92 Å². The Morgan fingerprint density at radius 2 is 2.00 bits per heavy atom. The molecule has 1 atom stereocenters. The minimum absolute atomic E-state index is 0.583. The van der Waals surface area contributed by atoms with Crippen LogP contribution in [-0.2, 0) is 0 Å². The molecule has 0 aromatic rings. The van der Waals surface area contributed by atoms with Crippen molar-refractivity contribution in [2.45, 2.75) is 6.92 Å². The quantitative estimate of drug-likeness (QED) is 0.491. The minimum atomic E-state index is 0.583. The second kappa shape index (κ2) is 2.67. The fourth-order valence-electron chi connectivity index (χ4n) is 0.957. The van der Waals surface area contributed by atoms with Crippen molar-refractivity contribution in [1.82, 2.24) is 0 Å². The first-order chi connectivity index (χ1) is 4.34. The lowest BCUT2D eigenvalue weighted by molar-refractivity contribution is 0.620. The van der Waals surface area contributed by atoms with Crippen molar-refractivity contribution in [3.05, 3.63) is 37.0 Å². The third-order valence-electron chi connectivity index (χ3n) is 1.76. The Balaban J connectivity index is 2.52. The average Bonchev–Trinajstić information content (AvgIpc) is 2.37. The van der Waals surface area contributed by atoms with E-state index in [1.165, 1.54) is 0 Å². The summed E-state index contributed by atoms with van der Waals surface area (Å²) in [6.07, 6.45) is 10.6. The van der Waals surface area contributed by atoms with Crippen molar-refractivity contribution >= 4 is 0 Å². The van der Waals surface area contributed by atoms with Crippen molar-refractivity contribution in [3.8, 4) is 0 Å². The smallest absolute Gasteiger partial charge is 0.00129 e. The zero-order chi connectivity index (χ0) is 6.69. The third kappa shape index (κ3) is 1.32. The highest BCUT2D eigenvalue weighted by atomic mass is 14.1. The van der Waals surface area contributed by atoms with Crippen LogP contribution in [0.5, 0.6) is 0 Å². The predicted molar refractivity (Wildman–Crippen MR) is 41.1 cm³/mol. The van der Waals surface area contributed by atoms with Crippen LogP contribution in [0, 0.1) is 11.8 Å². The molecule has 0 aromatic heterocycles. The van der Waals surface area contributed by atoms with Crippen LogP contribution in [-0.4, -0.2) is 0 Å². The van der Waals surface area contributed by atoms with Gasteiger partial charge in [-0.1, -0.05) is 37.3 Å². The van der Waals surface area contributed by atoms with Gasteiger partial charge in [-0.25, -0.2) is 0 Å². The summed E-state index contributed by atoms with van der Waals surface area (Å²) in [5.41, 5.74) is 0. The number of hydrogen-bond donors (Lipinski definition) is 0. The van der Waals surface area contributed by atoms with Gasteiger partial charge >= 0.3 is 0 Å². The van der Waals surface area contributed by atoms with E-state index in [0.29, 0.717) is 11.8 Å². The molecule has 0 N–H and O–H groups in total. The summed E-state index contributed by atoms with van der Waals surface area (Å²) in [5, 5.41) is 0. The molecule has 0 aromatic carbocycles. The van der Waals surface area contributed by atoms with Crippen LogP contribution in [0.3, 0.4) is 0 Å². The van der Waals surface area contributed by atoms with E-state index in [1.54, 1.807) is 0 Å². The van der Waals surface area contributed by atoms with Crippen LogP contribution in [0.15, 0.2) is 37.0 Å². The van der Waals surface area contributed by atoms with Gasteiger partial charge in [-0.2, -0.15) is 0 Å². The topological polar surface area (TPSA) is 0 Å². The van der Waals surface area contributed by atoms with Crippen molar-refractivity contribution in [1.29, 1.82) is 0 Å². The fourth-order valence-corrected chi connectivity index (χ4v) is 0.957. The van der Waals surface area contributed by atoms with Gasteiger partial charge in [0.2, 0.25) is 0 Å². The molecule has 9 heavy (non-hydrogen) atoms. The summed E-state index contributed by atoms with van der Waals surface area (Å²) in [7, 11) is 0. The molecule has 48 valence electrons. The summed E-state index contributed by atoms with van der Waals surface area (Å²) in [4.78, 5) is 0. The van der Waals surface area contributed by atoms with Crippen molar-refractivity contribution in [2.75, 3.05) is 0 Å². The number of hydrogen-bond acceptors (Lipinski definition) is 0. The van der Waals surface area contributed by atoms with Gasteiger partial charge in [-0.3, -0.25) is 0 Å². The van der Waals surface area contributed by atoms with E-state index in [1.807, 2.05) is 6.08 Å². The van der Waals surface area contributed by atoms with Gasteiger partial charge in [-0.05, 0) is 5.92 Å². The van der Waals surface area contributed by atoms with E-state index < -0.39 is 0 Å². The zero-order valence-electron chi connectivity index (χ0n) is 5.75. The maximum absolute atomic E-state index is 3.74. The largest absolute Gasteiger partial charge is 0.103 e. The molecule has 1 aliphatic carbocycles. The molecule has 0 saturated carbocycles. The lowest BCUT2D eigenvalue weighted by Crippen LogP contribution is -2.00. The molecule has 0 nitrogen and oxygen atoms in total. The lowest BCUT2D eigenvalue weighted by atomic mass is 9.96. The minimum Gasteiger partial charge on any atom is -0.103 e. The Bertz CT molecular complexity index is 139. The Kier molecular flexibility index (Phi) is 1.88. The maximum atomic E-state index is 3.74. The van der Waals surface area contributed by atoms with Gasteiger partial charge in [0.25, 0.3) is 0 Å². The van der Waals surface area contributed by atoms with E-state index in [4.69, 9.17) is 0 Å². The lowest BCUT2D eigenvalue weighted by Gasteiger charge is -2.08. The maximum Gasteiger partial charge on any atom is 0.00129 e. The first-order valence-electron chi connectivity index (χ1n) is 3.32. The molecule has 0 saturated heterocycles. The molecule has 1 aliphatic rings. The van der Waals surface area contributed by atoms with Crippen LogP contribution in [0.2, 0.25) is 0 Å². The second-order valence-corrected chi connectivity index (χ2v) is 2.44. The molecule has 0 amide bonds. The Morgan fingerprint density at radius 3 is 2.44 bits per heavy atom. The summed E-state index contributed by atoms with van der Waals surface area (Å²) in [5.74, 6) is 1.18. The summed E-state index contributed by atoms with van der Waals surface area (Å²) in [6, 6.07) is 0. The standard InChI is InChI=1S/C9H12/c1-3-8(2)9-6-4-5-7-9/h3-9H,1H2,2H3/t8-/m1/s1. The predicted octanol–water partition coefficient (Wildman–Crippen LogP) is 2.55. The van der Waals surface area contributed by atoms with Crippen molar-refractivity contribution < 1.29 is 0 Å². The Morgan fingerprint density at radius 1 is 1.44 bits per heavy atom. The van der Waals surface area contributed by atoms with E-state index in [9.17, 15) is 0 Å². The third-order valence-corrected chi connectivity index (χ3v) is 1.76. The molecule has 0 unspecified atom stereocenters. The summed E-state index contributed by atoms with van der Waals surface area (Å²) < 4.78 is 0. The van der Waals surface area contributed by atoms with E-state index in [-0.39, 0.29) is 0 Å². The highest BCUT2D eigenvalue weighted by Crippen LogP contribution is 2.19. The van der Waals surface area contributed by atoms with Crippen molar-refractivity contribution in [3.63, 3.8) is 0 Å². The molecule has 0 aliphatic heterocycles. The molecule has 0 fully saturated rings. The van der Waals surface area contributed by atoms with E-state index >= 15 is 0 Å². The molecule has 0 radical (unpaired) electrons. The molecule has 0 heterocycles. The van der Waals surface area contributed by atoms with Crippen LogP contribution in [0.25, 0.3) is 0 Å². The van der Waals surface area contributed by atoms with Gasteiger partial charge in [0.15, 0.2) is 0 Å². The van der Waals surface area contributed by atoms with Gasteiger partial charge in [0, 0.05) is 5.92 Å². The number of rotatable bonds is 2. The molecular formula is C9H12. The Labute approximate surface area is 56.6 Å². The number of allylic oxidation sites excluding steroid dienone is 5. The Hall–Kier alpha value is -0.780. The molecule has 0 heteroatoms. The van der Waals surface area contributed by atoms with E-state index in [0.717, 1.165) is 0 Å². The fraction of sp³-hybridized carbons (Fsp3) is 0.333. The van der Waals surface area contributed by atoms with Crippen LogP contribution < -0.4 is 0 Å². The molecule has 1 rings (SSSR count). The molecule has 0 spiro atoms. The van der Waals surface area contributed by atoms with Crippen molar-refractivity contribution in [2.24, 2.45) is 11.8 Å². The monoisotopic (exact) mass is 120 g/mol. The summed E-state index contributed by atoms with van der Waals surface area (Å²) >= 11 is 0. The van der Waals surface area contributed by atoms with Gasteiger partial charge in [-0.15, -0.1) is 6.58 Å². The first-order valence-corrected chi connectivity index (χ1v) is 3.32. The normalized spacial score (nSPS) is 20.6. The summed E-state index contributed by atoms with van der Waals surface area (Å²) in [6.45, 7) is 5.92. The highest BCUT2D eigenvalue weighted by Gasteiger charge is 2.08. The zero-order valence-corrected chi connectivity index (χ0v) is 5.75. The van der Waals surface area contributed by atoms with E-state index in [2.05, 4.69) is 37.8 Å². The SMILES string of the molecule is C=C[C@@H](C)C1C=CC=C1. The average molecular weight is 120 g/mol. The van der Waals surface area contributed by atoms with Crippen LogP contribution in [0.4, 0.5) is 0 Å². The molecule has 0 bridgehead atoms. The second-order valence-electron chi connectivity index (χ2n) is 2.44.